The van der Waals surface area contributed by atoms with E-state index in [2.05, 4.69) is 9.71 Å². The Morgan fingerprint density at radius 2 is 1.85 bits per heavy atom. The maximum atomic E-state index is 12.6. The number of nitro benzene ring substituents is 1. The second-order valence-electron chi connectivity index (χ2n) is 5.91. The lowest BCUT2D eigenvalue weighted by atomic mass is 10.1. The predicted molar refractivity (Wildman–Crippen MR) is 96.4 cm³/mol. The molecule has 0 bridgehead atoms. The number of rotatable bonds is 4. The van der Waals surface area contributed by atoms with E-state index >= 15 is 0 Å². The quantitative estimate of drug-likeness (QED) is 0.440. The average Bonchev–Trinajstić information content (AvgIpc) is 2.99. The maximum Gasteiger partial charge on any atom is 0.269 e. The third kappa shape index (κ3) is 2.80. The van der Waals surface area contributed by atoms with Crippen molar-refractivity contribution in [3.63, 3.8) is 0 Å². The first-order valence-corrected chi connectivity index (χ1v) is 9.27. The molecule has 0 saturated heterocycles. The van der Waals surface area contributed by atoms with Crippen LogP contribution in [0.25, 0.3) is 11.1 Å². The number of nitrogens with one attached hydrogen (secondary N) is 1. The van der Waals surface area contributed by atoms with Crippen LogP contribution in [-0.2, 0) is 16.4 Å². The summed E-state index contributed by atoms with van der Waals surface area (Å²) < 4.78 is 27.7. The smallest absolute Gasteiger partial charge is 0.263 e. The van der Waals surface area contributed by atoms with Crippen LogP contribution in [0.1, 0.15) is 11.1 Å². The van der Waals surface area contributed by atoms with E-state index in [-0.39, 0.29) is 16.4 Å². The van der Waals surface area contributed by atoms with Gasteiger partial charge in [0, 0.05) is 18.3 Å². The van der Waals surface area contributed by atoms with Crippen molar-refractivity contribution >= 4 is 21.5 Å². The van der Waals surface area contributed by atoms with Gasteiger partial charge in [0.2, 0.25) is 0 Å². The van der Waals surface area contributed by atoms with Gasteiger partial charge in [-0.3, -0.25) is 14.8 Å². The van der Waals surface area contributed by atoms with Crippen LogP contribution in [0, 0.1) is 10.1 Å². The number of nitrogens with zero attached hydrogens (tertiary/aromatic N) is 2. The summed E-state index contributed by atoms with van der Waals surface area (Å²) in [4.78, 5) is 14.6. The van der Waals surface area contributed by atoms with Crippen LogP contribution in [0.5, 0.6) is 0 Å². The fraction of sp³-hybridized carbons (Fsp3) is 0.0556. The van der Waals surface area contributed by atoms with Crippen LogP contribution < -0.4 is 4.72 Å². The lowest BCUT2D eigenvalue weighted by molar-refractivity contribution is -0.384. The molecule has 1 aromatic heterocycles. The van der Waals surface area contributed by atoms with Crippen molar-refractivity contribution in [1.82, 2.24) is 4.98 Å². The number of hydrogen-bond donors (Lipinski definition) is 1. The Morgan fingerprint density at radius 3 is 2.58 bits per heavy atom. The number of sulfonamides is 1. The summed E-state index contributed by atoms with van der Waals surface area (Å²) in [6.45, 7) is 0. The van der Waals surface area contributed by atoms with Gasteiger partial charge < -0.3 is 0 Å². The van der Waals surface area contributed by atoms with Gasteiger partial charge in [0.15, 0.2) is 0 Å². The van der Waals surface area contributed by atoms with Gasteiger partial charge >= 0.3 is 0 Å². The molecule has 0 fully saturated rings. The monoisotopic (exact) mass is 367 g/mol. The van der Waals surface area contributed by atoms with Crippen molar-refractivity contribution in [1.29, 1.82) is 0 Å². The molecule has 1 N–H and O–H groups in total. The SMILES string of the molecule is O=[N+]([O-])c1ccc2c(c1)Cc1ccc(S(=O)(=O)Nc3ccccn3)cc1-2. The molecule has 1 aliphatic rings. The summed E-state index contributed by atoms with van der Waals surface area (Å²) >= 11 is 0. The van der Waals surface area contributed by atoms with Crippen molar-refractivity contribution < 1.29 is 13.3 Å². The molecule has 0 radical (unpaired) electrons. The van der Waals surface area contributed by atoms with Crippen molar-refractivity contribution in [3.8, 4) is 11.1 Å². The molecule has 0 spiro atoms. The molecule has 0 unspecified atom stereocenters. The standard InChI is InChI=1S/C18H13N3O4S/c22-21(23)14-5-7-16-13(10-14)9-12-4-6-15(11-17(12)16)26(24,25)20-18-3-1-2-8-19-18/h1-8,10-11H,9H2,(H,19,20). The van der Waals surface area contributed by atoms with E-state index in [1.807, 2.05) is 0 Å². The Hall–Kier alpha value is -3.26. The third-order valence-corrected chi connectivity index (χ3v) is 5.62. The zero-order valence-corrected chi connectivity index (χ0v) is 14.2. The highest BCUT2D eigenvalue weighted by Crippen LogP contribution is 2.39. The summed E-state index contributed by atoms with van der Waals surface area (Å²) in [5.41, 5.74) is 3.39. The van der Waals surface area contributed by atoms with Gasteiger partial charge in [0.25, 0.3) is 15.7 Å². The predicted octanol–water partition coefficient (Wildman–Crippen LogP) is 3.36. The lowest BCUT2D eigenvalue weighted by Gasteiger charge is -2.09. The van der Waals surface area contributed by atoms with Gasteiger partial charge in [0.1, 0.15) is 5.82 Å². The number of nitro groups is 1. The Kier molecular flexibility index (Phi) is 3.69. The Morgan fingerprint density at radius 1 is 1.00 bits per heavy atom. The lowest BCUT2D eigenvalue weighted by Crippen LogP contribution is -2.13. The molecular weight excluding hydrogens is 354 g/mol. The molecule has 0 amide bonds. The molecule has 8 heteroatoms. The van der Waals surface area contributed by atoms with E-state index in [9.17, 15) is 18.5 Å². The number of aromatic nitrogens is 1. The van der Waals surface area contributed by atoms with E-state index in [0.717, 1.165) is 22.3 Å². The van der Waals surface area contributed by atoms with E-state index in [0.29, 0.717) is 6.42 Å². The Bertz CT molecular complexity index is 1130. The van der Waals surface area contributed by atoms with E-state index in [1.54, 1.807) is 36.4 Å². The molecular formula is C18H13N3O4S. The number of non-ortho nitro benzene ring substituents is 1. The minimum absolute atomic E-state index is 0.0289. The first-order chi connectivity index (χ1) is 12.4. The minimum atomic E-state index is -3.78. The van der Waals surface area contributed by atoms with Gasteiger partial charge in [-0.25, -0.2) is 13.4 Å². The average molecular weight is 367 g/mol. The number of benzene rings is 2. The van der Waals surface area contributed by atoms with Crippen LogP contribution in [-0.4, -0.2) is 18.3 Å². The Labute approximate surface area is 149 Å². The summed E-state index contributed by atoms with van der Waals surface area (Å²) in [5, 5.41) is 10.9. The first-order valence-electron chi connectivity index (χ1n) is 7.78. The van der Waals surface area contributed by atoms with Crippen molar-refractivity contribution in [2.45, 2.75) is 11.3 Å². The molecule has 4 rings (SSSR count). The molecule has 1 heterocycles. The largest absolute Gasteiger partial charge is 0.269 e. The second-order valence-corrected chi connectivity index (χ2v) is 7.60. The van der Waals surface area contributed by atoms with Gasteiger partial charge in [-0.05, 0) is 59.0 Å². The third-order valence-electron chi connectivity index (χ3n) is 4.27. The highest BCUT2D eigenvalue weighted by Gasteiger charge is 2.24. The highest BCUT2D eigenvalue weighted by molar-refractivity contribution is 7.92. The van der Waals surface area contributed by atoms with Crippen molar-refractivity contribution in [3.05, 3.63) is 82.0 Å². The van der Waals surface area contributed by atoms with Crippen molar-refractivity contribution in [2.75, 3.05) is 4.72 Å². The summed E-state index contributed by atoms with van der Waals surface area (Å²) in [6.07, 6.45) is 2.05. The molecule has 2 aromatic carbocycles. The molecule has 130 valence electrons. The van der Waals surface area contributed by atoms with E-state index in [4.69, 9.17) is 0 Å². The molecule has 0 atom stereocenters. The number of fused-ring (bicyclic) bond motifs is 3. The van der Waals surface area contributed by atoms with Crippen molar-refractivity contribution in [2.24, 2.45) is 0 Å². The highest BCUT2D eigenvalue weighted by atomic mass is 32.2. The Balaban J connectivity index is 1.72. The number of pyridine rings is 1. The van der Waals surface area contributed by atoms with E-state index < -0.39 is 14.9 Å². The second kappa shape index (κ2) is 5.92. The van der Waals surface area contributed by atoms with Crippen LogP contribution in [0.3, 0.4) is 0 Å². The van der Waals surface area contributed by atoms with Gasteiger partial charge in [-0.1, -0.05) is 12.1 Å². The molecule has 26 heavy (non-hydrogen) atoms. The molecule has 3 aromatic rings. The zero-order chi connectivity index (χ0) is 18.3. The fourth-order valence-electron chi connectivity index (χ4n) is 3.06. The van der Waals surface area contributed by atoms with Gasteiger partial charge in [0.05, 0.1) is 9.82 Å². The first kappa shape index (κ1) is 16.2. The van der Waals surface area contributed by atoms with Crippen LogP contribution >= 0.6 is 0 Å². The molecule has 0 aliphatic heterocycles. The summed E-state index contributed by atoms with van der Waals surface area (Å²) in [7, 11) is -3.78. The normalized spacial score (nSPS) is 12.3. The van der Waals surface area contributed by atoms with E-state index in [1.165, 1.54) is 24.4 Å². The van der Waals surface area contributed by atoms with Crippen LogP contribution in [0.4, 0.5) is 11.5 Å². The number of hydrogen-bond acceptors (Lipinski definition) is 5. The molecule has 0 saturated carbocycles. The zero-order valence-electron chi connectivity index (χ0n) is 13.4. The summed E-state index contributed by atoms with van der Waals surface area (Å²) in [6, 6.07) is 14.5. The van der Waals surface area contributed by atoms with Crippen LogP contribution in [0.15, 0.2) is 65.7 Å². The van der Waals surface area contributed by atoms with Crippen LogP contribution in [0.2, 0.25) is 0 Å². The molecule has 1 aliphatic carbocycles. The summed E-state index contributed by atoms with van der Waals surface area (Å²) in [5.74, 6) is 0.240. The molecule has 7 nitrogen and oxygen atoms in total. The van der Waals surface area contributed by atoms with Gasteiger partial charge in [-0.15, -0.1) is 0 Å². The van der Waals surface area contributed by atoms with Gasteiger partial charge in [-0.2, -0.15) is 0 Å². The number of anilines is 1. The maximum absolute atomic E-state index is 12.6. The minimum Gasteiger partial charge on any atom is -0.263 e. The fourth-order valence-corrected chi connectivity index (χ4v) is 4.09. The topological polar surface area (TPSA) is 102 Å².